The zero-order chi connectivity index (χ0) is 14.5. The van der Waals surface area contributed by atoms with E-state index in [1.165, 1.54) is 5.56 Å². The third-order valence-corrected chi connectivity index (χ3v) is 3.22. The normalized spacial score (nSPS) is 10.5. The van der Waals surface area contributed by atoms with Crippen LogP contribution in [0.25, 0.3) is 0 Å². The van der Waals surface area contributed by atoms with E-state index in [9.17, 15) is 0 Å². The van der Waals surface area contributed by atoms with Crippen molar-refractivity contribution in [3.63, 3.8) is 0 Å². The van der Waals surface area contributed by atoms with Gasteiger partial charge in [-0.25, -0.2) is 0 Å². The van der Waals surface area contributed by atoms with Crippen LogP contribution >= 0.6 is 0 Å². The van der Waals surface area contributed by atoms with Crippen LogP contribution in [0, 0.1) is 0 Å². The van der Waals surface area contributed by atoms with E-state index in [0.717, 1.165) is 30.0 Å². The molecule has 0 amide bonds. The first-order valence-corrected chi connectivity index (χ1v) is 6.97. The lowest BCUT2D eigenvalue weighted by atomic mass is 10.1. The number of para-hydroxylation sites is 1. The van der Waals surface area contributed by atoms with Crippen LogP contribution in [0.2, 0.25) is 0 Å². The Morgan fingerprint density at radius 2 is 1.62 bits per heavy atom. The van der Waals surface area contributed by atoms with Crippen LogP contribution in [-0.4, -0.2) is 15.0 Å². The Labute approximate surface area is 124 Å². The van der Waals surface area contributed by atoms with Crippen molar-refractivity contribution in [1.82, 2.24) is 15.0 Å². The molecule has 4 nitrogen and oxygen atoms in total. The second-order valence-electron chi connectivity index (χ2n) is 4.94. The van der Waals surface area contributed by atoms with Crippen molar-refractivity contribution in [3.8, 4) is 11.5 Å². The molecule has 0 N–H and O–H groups in total. The van der Waals surface area contributed by atoms with Crippen LogP contribution < -0.4 is 4.74 Å². The summed E-state index contributed by atoms with van der Waals surface area (Å²) in [6, 6.07) is 18.0. The van der Waals surface area contributed by atoms with Crippen LogP contribution in [0.3, 0.4) is 0 Å². The predicted molar refractivity (Wildman–Crippen MR) is 81.4 cm³/mol. The van der Waals surface area contributed by atoms with Crippen LogP contribution in [0.5, 0.6) is 11.5 Å². The highest BCUT2D eigenvalue weighted by Gasteiger charge is 2.01. The first-order valence-electron chi connectivity index (χ1n) is 6.97. The average molecular weight is 279 g/mol. The van der Waals surface area contributed by atoms with E-state index in [1.807, 2.05) is 55.7 Å². The summed E-state index contributed by atoms with van der Waals surface area (Å²) in [4.78, 5) is 0. The van der Waals surface area contributed by atoms with E-state index in [-0.39, 0.29) is 0 Å². The van der Waals surface area contributed by atoms with E-state index in [1.54, 1.807) is 4.68 Å². The van der Waals surface area contributed by atoms with Gasteiger partial charge in [-0.15, -0.1) is 5.10 Å². The van der Waals surface area contributed by atoms with Crippen molar-refractivity contribution < 1.29 is 4.74 Å². The van der Waals surface area contributed by atoms with E-state index in [2.05, 4.69) is 22.4 Å². The maximum Gasteiger partial charge on any atom is 0.127 e. The minimum Gasteiger partial charge on any atom is -0.457 e. The molecule has 0 aliphatic carbocycles. The summed E-state index contributed by atoms with van der Waals surface area (Å²) in [7, 11) is 1.88. The molecule has 0 spiro atoms. The monoisotopic (exact) mass is 279 g/mol. The van der Waals surface area contributed by atoms with Crippen molar-refractivity contribution in [1.29, 1.82) is 0 Å². The molecule has 0 saturated carbocycles. The molecule has 0 unspecified atom stereocenters. The first-order chi connectivity index (χ1) is 10.3. The topological polar surface area (TPSA) is 39.9 Å². The molecule has 4 heteroatoms. The SMILES string of the molecule is Cn1cc(CCc2ccc(Oc3ccccc3)cc2)nn1. The standard InChI is InChI=1S/C17H17N3O/c1-20-13-15(18-19-20)10-7-14-8-11-17(12-9-14)21-16-5-3-2-4-6-16/h2-6,8-9,11-13H,7,10H2,1H3. The highest BCUT2D eigenvalue weighted by atomic mass is 16.5. The van der Waals surface area contributed by atoms with Gasteiger partial charge in [0, 0.05) is 13.2 Å². The Hall–Kier alpha value is -2.62. The number of nitrogens with zero attached hydrogens (tertiary/aromatic N) is 3. The molecule has 21 heavy (non-hydrogen) atoms. The van der Waals surface area contributed by atoms with Crippen molar-refractivity contribution >= 4 is 0 Å². The molecule has 0 atom stereocenters. The summed E-state index contributed by atoms with van der Waals surface area (Å²) in [5.74, 6) is 1.70. The number of aryl methyl sites for hydroxylation is 3. The molecule has 0 aliphatic rings. The zero-order valence-electron chi connectivity index (χ0n) is 11.9. The molecule has 0 bridgehead atoms. The molecule has 0 radical (unpaired) electrons. The number of hydrogen-bond donors (Lipinski definition) is 0. The second-order valence-corrected chi connectivity index (χ2v) is 4.94. The van der Waals surface area contributed by atoms with Crippen molar-refractivity contribution in [2.24, 2.45) is 7.05 Å². The van der Waals surface area contributed by atoms with Gasteiger partial charge in [0.2, 0.25) is 0 Å². The van der Waals surface area contributed by atoms with Crippen LogP contribution in [0.4, 0.5) is 0 Å². The highest BCUT2D eigenvalue weighted by Crippen LogP contribution is 2.21. The Morgan fingerprint density at radius 3 is 2.29 bits per heavy atom. The maximum atomic E-state index is 5.77. The number of ether oxygens (including phenoxy) is 1. The van der Waals surface area contributed by atoms with E-state index in [0.29, 0.717) is 0 Å². The molecule has 106 valence electrons. The quantitative estimate of drug-likeness (QED) is 0.718. The summed E-state index contributed by atoms with van der Waals surface area (Å²) in [6.07, 6.45) is 3.80. The van der Waals surface area contributed by atoms with Gasteiger partial charge in [0.15, 0.2) is 0 Å². The van der Waals surface area contributed by atoms with E-state index in [4.69, 9.17) is 4.74 Å². The van der Waals surface area contributed by atoms with Gasteiger partial charge in [-0.1, -0.05) is 35.5 Å². The predicted octanol–water partition coefficient (Wildman–Crippen LogP) is 3.39. The largest absolute Gasteiger partial charge is 0.457 e. The van der Waals surface area contributed by atoms with Crippen LogP contribution in [-0.2, 0) is 19.9 Å². The van der Waals surface area contributed by atoms with Crippen molar-refractivity contribution in [3.05, 3.63) is 72.1 Å². The molecule has 3 rings (SSSR count). The highest BCUT2D eigenvalue weighted by molar-refractivity contribution is 5.33. The van der Waals surface area contributed by atoms with Gasteiger partial charge < -0.3 is 4.74 Å². The van der Waals surface area contributed by atoms with Gasteiger partial charge in [0.1, 0.15) is 11.5 Å². The van der Waals surface area contributed by atoms with Gasteiger partial charge in [0.05, 0.1) is 5.69 Å². The van der Waals surface area contributed by atoms with Crippen molar-refractivity contribution in [2.75, 3.05) is 0 Å². The summed E-state index contributed by atoms with van der Waals surface area (Å²) < 4.78 is 7.50. The Kier molecular flexibility index (Phi) is 3.96. The van der Waals surface area contributed by atoms with E-state index >= 15 is 0 Å². The molecule has 3 aromatic rings. The van der Waals surface area contributed by atoms with Crippen LogP contribution in [0.15, 0.2) is 60.8 Å². The minimum absolute atomic E-state index is 0.851. The van der Waals surface area contributed by atoms with Gasteiger partial charge in [-0.2, -0.15) is 0 Å². The fourth-order valence-corrected chi connectivity index (χ4v) is 2.13. The third kappa shape index (κ3) is 3.69. The summed E-state index contributed by atoms with van der Waals surface area (Å²) in [5.41, 5.74) is 2.28. The molecule has 0 aliphatic heterocycles. The Bertz CT molecular complexity index is 690. The molecule has 0 fully saturated rings. The molecule has 2 aromatic carbocycles. The summed E-state index contributed by atoms with van der Waals surface area (Å²) >= 11 is 0. The van der Waals surface area contributed by atoms with E-state index < -0.39 is 0 Å². The Balaban J connectivity index is 1.59. The lowest BCUT2D eigenvalue weighted by molar-refractivity contribution is 0.482. The fraction of sp³-hybridized carbons (Fsp3) is 0.176. The molecular formula is C17H17N3O. The summed E-state index contributed by atoms with van der Waals surface area (Å²) in [5, 5.41) is 8.03. The Morgan fingerprint density at radius 1 is 0.905 bits per heavy atom. The van der Waals surface area contributed by atoms with Crippen molar-refractivity contribution in [2.45, 2.75) is 12.8 Å². The maximum absolute atomic E-state index is 5.77. The van der Waals surface area contributed by atoms with Gasteiger partial charge >= 0.3 is 0 Å². The van der Waals surface area contributed by atoms with Gasteiger partial charge in [-0.3, -0.25) is 4.68 Å². The number of aromatic nitrogens is 3. The minimum atomic E-state index is 0.851. The average Bonchev–Trinajstić information content (AvgIpc) is 2.93. The fourth-order valence-electron chi connectivity index (χ4n) is 2.13. The number of rotatable bonds is 5. The lowest BCUT2D eigenvalue weighted by Crippen LogP contribution is -1.92. The molecule has 1 aromatic heterocycles. The van der Waals surface area contributed by atoms with Gasteiger partial charge in [0.25, 0.3) is 0 Å². The summed E-state index contributed by atoms with van der Waals surface area (Å²) in [6.45, 7) is 0. The number of benzene rings is 2. The van der Waals surface area contributed by atoms with Crippen LogP contribution in [0.1, 0.15) is 11.3 Å². The molecule has 1 heterocycles. The first kappa shape index (κ1) is 13.4. The lowest BCUT2D eigenvalue weighted by Gasteiger charge is -2.06. The van der Waals surface area contributed by atoms with Gasteiger partial charge in [-0.05, 0) is 42.7 Å². The zero-order valence-corrected chi connectivity index (χ0v) is 11.9. The number of hydrogen-bond acceptors (Lipinski definition) is 3. The molecule has 0 saturated heterocycles. The smallest absolute Gasteiger partial charge is 0.127 e. The second kappa shape index (κ2) is 6.22. The third-order valence-electron chi connectivity index (χ3n) is 3.22. The molecular weight excluding hydrogens is 262 g/mol.